The van der Waals surface area contributed by atoms with Crippen LogP contribution in [0.15, 0.2) is 48.5 Å². The van der Waals surface area contributed by atoms with Gasteiger partial charge in [-0.2, -0.15) is 0 Å². The van der Waals surface area contributed by atoms with Crippen LogP contribution in [0.4, 0.5) is 0 Å². The molecule has 0 N–H and O–H groups in total. The Hall–Kier alpha value is -3.02. The molecule has 0 aliphatic carbocycles. The van der Waals surface area contributed by atoms with E-state index >= 15 is 0 Å². The van der Waals surface area contributed by atoms with Crippen LogP contribution >= 0.6 is 0 Å². The number of ether oxygens (including phenoxy) is 4. The molecule has 0 aliphatic heterocycles. The second-order valence-corrected chi connectivity index (χ2v) is 8.68. The number of carbonyl (C=O) groups excluding carboxylic acids is 2. The first kappa shape index (κ1) is 29.2. The van der Waals surface area contributed by atoms with Gasteiger partial charge in [0.25, 0.3) is 0 Å². The second-order valence-electron chi connectivity index (χ2n) is 8.68. The summed E-state index contributed by atoms with van der Waals surface area (Å²) in [7, 11) is 0. The van der Waals surface area contributed by atoms with E-state index in [9.17, 15) is 9.59 Å². The molecule has 0 fully saturated rings. The minimum Gasteiger partial charge on any atom is -0.494 e. The Kier molecular flexibility index (Phi) is 13.5. The minimum atomic E-state index is -0.179. The van der Waals surface area contributed by atoms with E-state index in [1.807, 2.05) is 38.1 Å². The lowest BCUT2D eigenvalue weighted by atomic mass is 9.78. The topological polar surface area (TPSA) is 71.1 Å². The predicted molar refractivity (Wildman–Crippen MR) is 142 cm³/mol. The Morgan fingerprint density at radius 3 is 1.28 bits per heavy atom. The number of benzene rings is 2. The minimum absolute atomic E-state index is 0.179. The summed E-state index contributed by atoms with van der Waals surface area (Å²) in [4.78, 5) is 22.9. The normalized spacial score (nSPS) is 12.4. The molecule has 2 aromatic rings. The Labute approximate surface area is 216 Å². The maximum atomic E-state index is 11.4. The molecule has 0 radical (unpaired) electrons. The van der Waals surface area contributed by atoms with Gasteiger partial charge in [-0.05, 0) is 86.8 Å². The average molecular weight is 499 g/mol. The number of esters is 2. The van der Waals surface area contributed by atoms with Crippen molar-refractivity contribution in [3.8, 4) is 11.5 Å². The summed E-state index contributed by atoms with van der Waals surface area (Å²) in [6.07, 6.45) is 4.09. The van der Waals surface area contributed by atoms with Crippen molar-refractivity contribution in [3.05, 3.63) is 59.7 Å². The predicted octanol–water partition coefficient (Wildman–Crippen LogP) is 6.82. The summed E-state index contributed by atoms with van der Waals surface area (Å²) < 4.78 is 21.5. The van der Waals surface area contributed by atoms with Crippen molar-refractivity contribution in [2.75, 3.05) is 26.4 Å². The molecular weight excluding hydrogens is 456 g/mol. The van der Waals surface area contributed by atoms with Gasteiger partial charge in [0.05, 0.1) is 26.4 Å². The summed E-state index contributed by atoms with van der Waals surface area (Å²) in [5.74, 6) is 2.06. The first-order chi connectivity index (χ1) is 17.5. The molecule has 6 heteroatoms. The van der Waals surface area contributed by atoms with Crippen molar-refractivity contribution in [1.29, 1.82) is 0 Å². The van der Waals surface area contributed by atoms with E-state index in [0.717, 1.165) is 24.3 Å². The molecule has 0 amide bonds. The van der Waals surface area contributed by atoms with E-state index in [1.54, 1.807) is 0 Å². The molecule has 0 unspecified atom stereocenters. The molecule has 36 heavy (non-hydrogen) atoms. The van der Waals surface area contributed by atoms with Crippen LogP contribution in [-0.4, -0.2) is 38.4 Å². The highest BCUT2D eigenvalue weighted by Gasteiger charge is 2.22. The number of hydrogen-bond acceptors (Lipinski definition) is 6. The van der Waals surface area contributed by atoms with Crippen LogP contribution in [0.1, 0.15) is 89.2 Å². The highest BCUT2D eigenvalue weighted by molar-refractivity contribution is 5.69. The van der Waals surface area contributed by atoms with Crippen molar-refractivity contribution in [3.63, 3.8) is 0 Å². The summed E-state index contributed by atoms with van der Waals surface area (Å²) in [6.45, 7) is 9.89. The smallest absolute Gasteiger partial charge is 0.305 e. The molecule has 2 atom stereocenters. The number of carbonyl (C=O) groups is 2. The lowest BCUT2D eigenvalue weighted by Crippen LogP contribution is -2.11. The molecule has 0 saturated carbocycles. The standard InChI is InChI=1S/C30H42O6/c1-5-27(23-13-17-25(18-14-23)35-21-9-11-29(31)33-7-3)28(6-2)24-15-19-26(20-16-24)36-22-10-12-30(32)34-8-4/h13-20,27-28H,5-12,21-22H2,1-4H3/t27-,28+. The lowest BCUT2D eigenvalue weighted by molar-refractivity contribution is -0.144. The fourth-order valence-electron chi connectivity index (χ4n) is 4.41. The van der Waals surface area contributed by atoms with Gasteiger partial charge in [0.1, 0.15) is 11.5 Å². The van der Waals surface area contributed by atoms with Crippen molar-refractivity contribution in [2.45, 2.75) is 78.1 Å². The first-order valence-electron chi connectivity index (χ1n) is 13.3. The first-order valence-corrected chi connectivity index (χ1v) is 13.3. The Balaban J connectivity index is 1.90. The number of hydrogen-bond donors (Lipinski definition) is 0. The SMILES string of the molecule is CCOC(=O)CCCOc1ccc([C@@H](CC)[C@@H](CC)c2ccc(OCCCC(=O)OCC)cc2)cc1. The van der Waals surface area contributed by atoms with E-state index in [0.29, 0.717) is 63.9 Å². The molecule has 2 rings (SSSR count). The third kappa shape index (κ3) is 9.92. The average Bonchev–Trinajstić information content (AvgIpc) is 2.89. The quantitative estimate of drug-likeness (QED) is 0.176. The molecule has 0 saturated heterocycles. The van der Waals surface area contributed by atoms with Crippen molar-refractivity contribution in [2.24, 2.45) is 0 Å². The van der Waals surface area contributed by atoms with Crippen molar-refractivity contribution in [1.82, 2.24) is 0 Å². The summed E-state index contributed by atoms with van der Waals surface area (Å²) in [6, 6.07) is 16.7. The van der Waals surface area contributed by atoms with Gasteiger partial charge in [-0.1, -0.05) is 38.1 Å². The molecule has 0 aliphatic rings. The van der Waals surface area contributed by atoms with Crippen LogP contribution in [0.5, 0.6) is 11.5 Å². The second kappa shape index (κ2) is 16.6. The van der Waals surface area contributed by atoms with Crippen molar-refractivity contribution >= 4 is 11.9 Å². The van der Waals surface area contributed by atoms with Crippen LogP contribution < -0.4 is 9.47 Å². The van der Waals surface area contributed by atoms with Crippen LogP contribution in [-0.2, 0) is 19.1 Å². The lowest BCUT2D eigenvalue weighted by Gasteiger charge is -2.26. The van der Waals surface area contributed by atoms with Gasteiger partial charge in [0.2, 0.25) is 0 Å². The fourth-order valence-corrected chi connectivity index (χ4v) is 4.41. The maximum Gasteiger partial charge on any atom is 0.305 e. The van der Waals surface area contributed by atoms with Crippen molar-refractivity contribution < 1.29 is 28.5 Å². The van der Waals surface area contributed by atoms with Crippen LogP contribution in [0.2, 0.25) is 0 Å². The van der Waals surface area contributed by atoms with Gasteiger partial charge >= 0.3 is 11.9 Å². The van der Waals surface area contributed by atoms with E-state index in [4.69, 9.17) is 18.9 Å². The third-order valence-corrected chi connectivity index (χ3v) is 6.18. The van der Waals surface area contributed by atoms with Gasteiger partial charge in [-0.15, -0.1) is 0 Å². The molecule has 0 heterocycles. The van der Waals surface area contributed by atoms with Crippen LogP contribution in [0.3, 0.4) is 0 Å². The fraction of sp³-hybridized carbons (Fsp3) is 0.533. The van der Waals surface area contributed by atoms with Gasteiger partial charge in [0.15, 0.2) is 0 Å². The zero-order chi connectivity index (χ0) is 26.2. The van der Waals surface area contributed by atoms with E-state index in [2.05, 4.69) is 38.1 Å². The molecule has 6 nitrogen and oxygen atoms in total. The highest BCUT2D eigenvalue weighted by atomic mass is 16.5. The van der Waals surface area contributed by atoms with Crippen LogP contribution in [0.25, 0.3) is 0 Å². The van der Waals surface area contributed by atoms with Crippen LogP contribution in [0, 0.1) is 0 Å². The molecule has 0 bridgehead atoms. The zero-order valence-corrected chi connectivity index (χ0v) is 22.3. The monoisotopic (exact) mass is 498 g/mol. The Morgan fingerprint density at radius 2 is 0.972 bits per heavy atom. The Morgan fingerprint density at radius 1 is 0.611 bits per heavy atom. The van der Waals surface area contributed by atoms with E-state index in [-0.39, 0.29) is 11.9 Å². The van der Waals surface area contributed by atoms with Gasteiger partial charge < -0.3 is 18.9 Å². The van der Waals surface area contributed by atoms with E-state index < -0.39 is 0 Å². The largest absolute Gasteiger partial charge is 0.494 e. The summed E-state index contributed by atoms with van der Waals surface area (Å²) in [5.41, 5.74) is 2.59. The summed E-state index contributed by atoms with van der Waals surface area (Å²) >= 11 is 0. The Bertz CT molecular complexity index is 815. The van der Waals surface area contributed by atoms with E-state index in [1.165, 1.54) is 11.1 Å². The molecule has 0 spiro atoms. The van der Waals surface area contributed by atoms with Gasteiger partial charge in [-0.3, -0.25) is 9.59 Å². The zero-order valence-electron chi connectivity index (χ0n) is 22.3. The summed E-state index contributed by atoms with van der Waals surface area (Å²) in [5, 5.41) is 0. The number of rotatable bonds is 17. The van der Waals surface area contributed by atoms with Gasteiger partial charge in [-0.25, -0.2) is 0 Å². The third-order valence-electron chi connectivity index (χ3n) is 6.18. The molecule has 2 aromatic carbocycles. The maximum absolute atomic E-state index is 11.4. The molecular formula is C30H42O6. The van der Waals surface area contributed by atoms with Gasteiger partial charge in [0, 0.05) is 12.8 Å². The molecule has 0 aromatic heterocycles. The highest BCUT2D eigenvalue weighted by Crippen LogP contribution is 2.39. The molecule has 198 valence electrons.